The molecule has 0 bridgehead atoms. The molecule has 0 radical (unpaired) electrons. The van der Waals surface area contributed by atoms with Crippen LogP contribution in [0.25, 0.3) is 0 Å². The van der Waals surface area contributed by atoms with Gasteiger partial charge < -0.3 is 9.30 Å². The fourth-order valence-corrected chi connectivity index (χ4v) is 4.02. The Morgan fingerprint density at radius 1 is 1.34 bits per heavy atom. The van der Waals surface area contributed by atoms with E-state index < -0.39 is 0 Å². The van der Waals surface area contributed by atoms with E-state index in [0.29, 0.717) is 26.9 Å². The van der Waals surface area contributed by atoms with Gasteiger partial charge in [0.2, 0.25) is 11.0 Å². The van der Waals surface area contributed by atoms with Crippen molar-refractivity contribution < 1.29 is 9.53 Å². The number of ether oxygens (including phenoxy) is 1. The van der Waals surface area contributed by atoms with Crippen molar-refractivity contribution in [3.63, 3.8) is 0 Å². The molecule has 154 valence electrons. The lowest BCUT2D eigenvalue weighted by Gasteiger charge is -2.15. The van der Waals surface area contributed by atoms with E-state index in [4.69, 9.17) is 16.3 Å². The zero-order chi connectivity index (χ0) is 21.0. The van der Waals surface area contributed by atoms with Crippen molar-refractivity contribution in [3.8, 4) is 5.75 Å². The molecule has 0 saturated heterocycles. The molecular weight excluding hydrogens is 432 g/mol. The summed E-state index contributed by atoms with van der Waals surface area (Å²) in [6, 6.07) is 5.50. The van der Waals surface area contributed by atoms with E-state index in [2.05, 4.69) is 25.7 Å². The molecule has 0 aliphatic carbocycles. The van der Waals surface area contributed by atoms with Gasteiger partial charge in [0, 0.05) is 12.1 Å². The summed E-state index contributed by atoms with van der Waals surface area (Å²) in [4.78, 5) is 12.1. The van der Waals surface area contributed by atoms with Crippen LogP contribution in [0.3, 0.4) is 0 Å². The predicted octanol–water partition coefficient (Wildman–Crippen LogP) is 4.06. The summed E-state index contributed by atoms with van der Waals surface area (Å²) < 4.78 is 7.79. The SMILES string of the molecule is CCc1nnc(NC(=O)CSc2nnc(C(C)Oc3ccc(Cl)c(C)c3)n2C)s1. The van der Waals surface area contributed by atoms with Crippen LogP contribution in [0.1, 0.15) is 36.3 Å². The monoisotopic (exact) mass is 452 g/mol. The van der Waals surface area contributed by atoms with E-state index in [9.17, 15) is 4.79 Å². The molecule has 8 nitrogen and oxygen atoms in total. The lowest BCUT2D eigenvalue weighted by molar-refractivity contribution is -0.113. The molecule has 29 heavy (non-hydrogen) atoms. The van der Waals surface area contributed by atoms with Crippen LogP contribution in [-0.4, -0.2) is 36.6 Å². The number of amides is 1. The second-order valence-corrected chi connectivity index (χ2v) is 8.67. The normalized spacial score (nSPS) is 12.0. The average molecular weight is 453 g/mol. The molecule has 3 rings (SSSR count). The van der Waals surface area contributed by atoms with Crippen molar-refractivity contribution in [2.24, 2.45) is 7.05 Å². The number of hydrogen-bond donors (Lipinski definition) is 1. The van der Waals surface area contributed by atoms with Crippen molar-refractivity contribution >= 4 is 45.7 Å². The second-order valence-electron chi connectivity index (χ2n) is 6.26. The molecule has 1 amide bonds. The number of halogens is 1. The minimum absolute atomic E-state index is 0.167. The van der Waals surface area contributed by atoms with E-state index in [1.807, 2.05) is 44.5 Å². The van der Waals surface area contributed by atoms with E-state index in [-0.39, 0.29) is 17.8 Å². The number of thioether (sulfide) groups is 1. The summed E-state index contributed by atoms with van der Waals surface area (Å²) in [6.07, 6.45) is 0.477. The third kappa shape index (κ3) is 5.46. The van der Waals surface area contributed by atoms with Crippen LogP contribution in [0.4, 0.5) is 5.13 Å². The third-order valence-electron chi connectivity index (χ3n) is 4.02. The summed E-state index contributed by atoms with van der Waals surface area (Å²) >= 11 is 8.73. The minimum atomic E-state index is -0.315. The van der Waals surface area contributed by atoms with Gasteiger partial charge in [0.1, 0.15) is 10.8 Å². The molecule has 2 aromatic heterocycles. The van der Waals surface area contributed by atoms with Crippen LogP contribution < -0.4 is 10.1 Å². The topological polar surface area (TPSA) is 94.8 Å². The molecule has 0 fully saturated rings. The Balaban J connectivity index is 1.58. The van der Waals surface area contributed by atoms with Crippen LogP contribution in [-0.2, 0) is 18.3 Å². The molecule has 11 heteroatoms. The highest BCUT2D eigenvalue weighted by Crippen LogP contribution is 2.26. The highest BCUT2D eigenvalue weighted by molar-refractivity contribution is 7.99. The van der Waals surface area contributed by atoms with Crippen LogP contribution >= 0.6 is 34.7 Å². The molecular formula is C18H21ClN6O2S2. The molecule has 2 heterocycles. The fourth-order valence-electron chi connectivity index (χ4n) is 2.49. The smallest absolute Gasteiger partial charge is 0.236 e. The van der Waals surface area contributed by atoms with Gasteiger partial charge in [0.25, 0.3) is 0 Å². The molecule has 1 aromatic carbocycles. The number of carbonyl (C=O) groups is 1. The summed E-state index contributed by atoms with van der Waals surface area (Å²) in [7, 11) is 1.85. The Hall–Kier alpha value is -2.17. The minimum Gasteiger partial charge on any atom is -0.483 e. The fraction of sp³-hybridized carbons (Fsp3) is 0.389. The number of aryl methyl sites for hydroxylation is 2. The zero-order valence-electron chi connectivity index (χ0n) is 16.5. The van der Waals surface area contributed by atoms with Gasteiger partial charge in [-0.05, 0) is 44.0 Å². The number of benzene rings is 1. The van der Waals surface area contributed by atoms with Crippen LogP contribution in [0.2, 0.25) is 5.02 Å². The molecule has 0 aliphatic rings. The number of hydrogen-bond acceptors (Lipinski definition) is 8. The molecule has 0 spiro atoms. The van der Waals surface area contributed by atoms with E-state index >= 15 is 0 Å². The van der Waals surface area contributed by atoms with E-state index in [1.54, 1.807) is 6.07 Å². The molecule has 1 N–H and O–H groups in total. The maximum absolute atomic E-state index is 12.1. The second kappa shape index (κ2) is 9.55. The predicted molar refractivity (Wildman–Crippen MR) is 115 cm³/mol. The Morgan fingerprint density at radius 2 is 2.14 bits per heavy atom. The quantitative estimate of drug-likeness (QED) is 0.515. The Labute approximate surface area is 182 Å². The Morgan fingerprint density at radius 3 is 2.83 bits per heavy atom. The molecule has 1 unspecified atom stereocenters. The van der Waals surface area contributed by atoms with Gasteiger partial charge in [-0.2, -0.15) is 0 Å². The van der Waals surface area contributed by atoms with Gasteiger partial charge >= 0.3 is 0 Å². The first kappa shape index (κ1) is 21.5. The molecule has 0 aliphatic heterocycles. The summed E-state index contributed by atoms with van der Waals surface area (Å²) in [6.45, 7) is 5.81. The number of anilines is 1. The summed E-state index contributed by atoms with van der Waals surface area (Å²) in [5.41, 5.74) is 0.943. The lowest BCUT2D eigenvalue weighted by atomic mass is 10.2. The van der Waals surface area contributed by atoms with Gasteiger partial charge in [-0.15, -0.1) is 20.4 Å². The zero-order valence-corrected chi connectivity index (χ0v) is 18.9. The third-order valence-corrected chi connectivity index (χ3v) is 6.45. The van der Waals surface area contributed by atoms with E-state index in [0.717, 1.165) is 17.0 Å². The summed E-state index contributed by atoms with van der Waals surface area (Å²) in [5.74, 6) is 1.40. The van der Waals surface area contributed by atoms with Crippen molar-refractivity contribution in [2.45, 2.75) is 38.5 Å². The van der Waals surface area contributed by atoms with Crippen molar-refractivity contribution in [1.82, 2.24) is 25.0 Å². The molecule has 3 aromatic rings. The molecule has 1 atom stereocenters. The van der Waals surface area contributed by atoms with Crippen LogP contribution in [0, 0.1) is 6.92 Å². The largest absolute Gasteiger partial charge is 0.483 e. The van der Waals surface area contributed by atoms with Gasteiger partial charge in [-0.3, -0.25) is 10.1 Å². The van der Waals surface area contributed by atoms with Crippen molar-refractivity contribution in [1.29, 1.82) is 0 Å². The number of rotatable bonds is 8. The first-order valence-corrected chi connectivity index (χ1v) is 11.1. The summed E-state index contributed by atoms with van der Waals surface area (Å²) in [5, 5.41) is 21.8. The van der Waals surface area contributed by atoms with Crippen molar-refractivity contribution in [2.75, 3.05) is 11.1 Å². The molecule has 0 saturated carbocycles. The Kier molecular flexibility index (Phi) is 7.09. The maximum atomic E-state index is 12.1. The highest BCUT2D eigenvalue weighted by Gasteiger charge is 2.18. The van der Waals surface area contributed by atoms with Gasteiger partial charge in [0.05, 0.1) is 5.75 Å². The van der Waals surface area contributed by atoms with Crippen LogP contribution in [0.15, 0.2) is 23.4 Å². The first-order chi connectivity index (χ1) is 13.9. The lowest BCUT2D eigenvalue weighted by Crippen LogP contribution is -2.14. The van der Waals surface area contributed by atoms with Crippen LogP contribution in [0.5, 0.6) is 5.75 Å². The number of aromatic nitrogens is 5. The highest BCUT2D eigenvalue weighted by atomic mass is 35.5. The Bertz CT molecular complexity index is 1010. The number of nitrogens with zero attached hydrogens (tertiary/aromatic N) is 5. The van der Waals surface area contributed by atoms with Gasteiger partial charge in [0.15, 0.2) is 17.1 Å². The van der Waals surface area contributed by atoms with Crippen molar-refractivity contribution in [3.05, 3.63) is 39.6 Å². The number of carbonyl (C=O) groups excluding carboxylic acids is 1. The van der Waals surface area contributed by atoms with Gasteiger partial charge in [-0.1, -0.05) is 41.6 Å². The number of nitrogens with one attached hydrogen (secondary N) is 1. The standard InChI is InChI=1S/C18H21ClN6O2S2/c1-5-15-21-23-17(29-15)20-14(26)9-28-18-24-22-16(25(18)4)11(3)27-12-6-7-13(19)10(2)8-12/h6-8,11H,5,9H2,1-4H3,(H,20,23,26). The first-order valence-electron chi connectivity index (χ1n) is 8.94. The average Bonchev–Trinajstić information content (AvgIpc) is 3.29. The van der Waals surface area contributed by atoms with Gasteiger partial charge in [-0.25, -0.2) is 0 Å². The van der Waals surface area contributed by atoms with E-state index in [1.165, 1.54) is 23.1 Å². The maximum Gasteiger partial charge on any atom is 0.236 e.